The van der Waals surface area contributed by atoms with Gasteiger partial charge in [0.1, 0.15) is 5.76 Å². The monoisotopic (exact) mass is 315 g/mol. The van der Waals surface area contributed by atoms with E-state index in [1.54, 1.807) is 24.3 Å². The predicted molar refractivity (Wildman–Crippen MR) is 85.1 cm³/mol. The maximum Gasteiger partial charge on any atom is 0.427 e. The molecule has 3 rings (SSSR count). The molecule has 0 saturated carbocycles. The minimum absolute atomic E-state index is 0.295. The molecule has 3 aromatic rings. The molecule has 1 N–H and O–H groups in total. The van der Waals surface area contributed by atoms with E-state index in [1.165, 1.54) is 6.21 Å². The SMILES string of the molecule is CCOC(=O)N/N=C\c1ccc(-c2nc3ccccc3s2)o1. The molecule has 0 radical (unpaired) electrons. The quantitative estimate of drug-likeness (QED) is 0.589. The number of amides is 1. The zero-order chi connectivity index (χ0) is 15.4. The van der Waals surface area contributed by atoms with Gasteiger partial charge in [-0.1, -0.05) is 12.1 Å². The van der Waals surface area contributed by atoms with Crippen LogP contribution in [-0.4, -0.2) is 23.9 Å². The second-order valence-electron chi connectivity index (χ2n) is 4.28. The molecule has 0 saturated heterocycles. The van der Waals surface area contributed by atoms with E-state index >= 15 is 0 Å². The predicted octanol–water partition coefficient (Wildman–Crippen LogP) is 3.64. The molecule has 22 heavy (non-hydrogen) atoms. The first-order valence-electron chi connectivity index (χ1n) is 6.68. The summed E-state index contributed by atoms with van der Waals surface area (Å²) in [7, 11) is 0. The molecule has 0 bridgehead atoms. The standard InChI is InChI=1S/C15H13N3O3S/c1-2-20-15(19)18-16-9-10-7-8-12(21-10)14-17-11-5-3-4-6-13(11)22-14/h3-9H,2H2,1H3,(H,18,19)/b16-9-. The fourth-order valence-electron chi connectivity index (χ4n) is 1.83. The third-order valence-electron chi connectivity index (χ3n) is 2.75. The van der Waals surface area contributed by atoms with Crippen molar-refractivity contribution in [3.63, 3.8) is 0 Å². The van der Waals surface area contributed by atoms with Crippen LogP contribution in [0.4, 0.5) is 4.79 Å². The van der Waals surface area contributed by atoms with Crippen LogP contribution < -0.4 is 5.43 Å². The molecule has 0 atom stereocenters. The fourth-order valence-corrected chi connectivity index (χ4v) is 2.75. The normalized spacial score (nSPS) is 11.1. The summed E-state index contributed by atoms with van der Waals surface area (Å²) in [6.45, 7) is 2.02. The minimum atomic E-state index is -0.600. The summed E-state index contributed by atoms with van der Waals surface area (Å²) in [5.74, 6) is 1.19. The molecule has 0 aliphatic heterocycles. The Morgan fingerprint density at radius 1 is 1.41 bits per heavy atom. The van der Waals surface area contributed by atoms with E-state index < -0.39 is 6.09 Å². The van der Waals surface area contributed by atoms with Gasteiger partial charge in [-0.25, -0.2) is 15.2 Å². The van der Waals surface area contributed by atoms with Crippen LogP contribution in [0.15, 0.2) is 45.9 Å². The molecular weight excluding hydrogens is 302 g/mol. The van der Waals surface area contributed by atoms with E-state index in [2.05, 4.69) is 20.2 Å². The number of benzene rings is 1. The Labute approximate surface area is 130 Å². The topological polar surface area (TPSA) is 76.7 Å². The van der Waals surface area contributed by atoms with Crippen LogP contribution >= 0.6 is 11.3 Å². The number of para-hydroxylation sites is 1. The first-order valence-corrected chi connectivity index (χ1v) is 7.49. The van der Waals surface area contributed by atoms with Crippen molar-refractivity contribution in [3.05, 3.63) is 42.2 Å². The number of ether oxygens (including phenoxy) is 1. The maximum absolute atomic E-state index is 11.1. The van der Waals surface area contributed by atoms with E-state index in [-0.39, 0.29) is 0 Å². The number of nitrogens with zero attached hydrogens (tertiary/aromatic N) is 2. The van der Waals surface area contributed by atoms with Crippen LogP contribution in [0.5, 0.6) is 0 Å². The van der Waals surface area contributed by atoms with Gasteiger partial charge in [-0.05, 0) is 31.2 Å². The van der Waals surface area contributed by atoms with Gasteiger partial charge in [-0.3, -0.25) is 0 Å². The van der Waals surface area contributed by atoms with Crippen LogP contribution in [0.2, 0.25) is 0 Å². The van der Waals surface area contributed by atoms with Crippen molar-refractivity contribution < 1.29 is 13.9 Å². The average Bonchev–Trinajstić information content (AvgIpc) is 3.13. The lowest BCUT2D eigenvalue weighted by molar-refractivity contribution is 0.152. The second kappa shape index (κ2) is 6.40. The third kappa shape index (κ3) is 3.15. The number of hydrogen-bond acceptors (Lipinski definition) is 6. The van der Waals surface area contributed by atoms with Crippen molar-refractivity contribution in [2.24, 2.45) is 5.10 Å². The number of aromatic nitrogens is 1. The first kappa shape index (κ1) is 14.3. The van der Waals surface area contributed by atoms with Crippen molar-refractivity contribution in [2.45, 2.75) is 6.92 Å². The van der Waals surface area contributed by atoms with Gasteiger partial charge >= 0.3 is 6.09 Å². The summed E-state index contributed by atoms with van der Waals surface area (Å²) in [4.78, 5) is 15.6. The van der Waals surface area contributed by atoms with Crippen molar-refractivity contribution in [2.75, 3.05) is 6.61 Å². The molecule has 6 nitrogen and oxygen atoms in total. The Balaban J connectivity index is 1.73. The van der Waals surface area contributed by atoms with E-state index in [1.807, 2.05) is 30.3 Å². The number of furan rings is 1. The Morgan fingerprint density at radius 2 is 2.27 bits per heavy atom. The Kier molecular flexibility index (Phi) is 4.15. The van der Waals surface area contributed by atoms with Gasteiger partial charge in [0.15, 0.2) is 10.8 Å². The van der Waals surface area contributed by atoms with Gasteiger partial charge in [0, 0.05) is 0 Å². The molecule has 0 fully saturated rings. The number of hydrogen-bond donors (Lipinski definition) is 1. The maximum atomic E-state index is 11.1. The van der Waals surface area contributed by atoms with Gasteiger partial charge in [0.05, 0.1) is 23.0 Å². The molecule has 2 heterocycles. The zero-order valence-electron chi connectivity index (χ0n) is 11.8. The Bertz CT molecular complexity index is 789. The number of hydrazone groups is 1. The first-order chi connectivity index (χ1) is 10.8. The summed E-state index contributed by atoms with van der Waals surface area (Å²) < 4.78 is 11.4. The van der Waals surface area contributed by atoms with Gasteiger partial charge < -0.3 is 9.15 Å². The van der Waals surface area contributed by atoms with Crippen LogP contribution in [0, 0.1) is 0 Å². The van der Waals surface area contributed by atoms with Gasteiger partial charge in [0.25, 0.3) is 0 Å². The summed E-state index contributed by atoms with van der Waals surface area (Å²) in [5, 5.41) is 4.55. The van der Waals surface area contributed by atoms with Crippen molar-refractivity contribution in [1.29, 1.82) is 0 Å². The lowest BCUT2D eigenvalue weighted by Gasteiger charge is -1.97. The molecule has 0 unspecified atom stereocenters. The highest BCUT2D eigenvalue weighted by Gasteiger charge is 2.09. The molecule has 2 aromatic heterocycles. The Hall–Kier alpha value is -2.67. The second-order valence-corrected chi connectivity index (χ2v) is 5.31. The number of nitrogens with one attached hydrogen (secondary N) is 1. The molecular formula is C15H13N3O3S. The van der Waals surface area contributed by atoms with E-state index in [4.69, 9.17) is 4.42 Å². The van der Waals surface area contributed by atoms with Gasteiger partial charge in [-0.2, -0.15) is 5.10 Å². The lowest BCUT2D eigenvalue weighted by atomic mass is 10.3. The number of fused-ring (bicyclic) bond motifs is 1. The third-order valence-corrected chi connectivity index (χ3v) is 3.81. The van der Waals surface area contributed by atoms with E-state index in [9.17, 15) is 4.79 Å². The molecule has 0 aliphatic carbocycles. The van der Waals surface area contributed by atoms with Crippen LogP contribution in [-0.2, 0) is 4.74 Å². The number of carbonyl (C=O) groups is 1. The summed E-state index contributed by atoms with van der Waals surface area (Å²) in [6.07, 6.45) is 0.810. The number of carbonyl (C=O) groups excluding carboxylic acids is 1. The average molecular weight is 315 g/mol. The van der Waals surface area contributed by atoms with Crippen molar-refractivity contribution >= 4 is 33.9 Å². The molecule has 0 spiro atoms. The zero-order valence-corrected chi connectivity index (χ0v) is 12.6. The lowest BCUT2D eigenvalue weighted by Crippen LogP contribution is -2.18. The molecule has 7 heteroatoms. The minimum Gasteiger partial charge on any atom is -0.453 e. The molecule has 1 amide bonds. The van der Waals surface area contributed by atoms with Crippen LogP contribution in [0.1, 0.15) is 12.7 Å². The van der Waals surface area contributed by atoms with Gasteiger partial charge in [0.2, 0.25) is 0 Å². The number of thiazole rings is 1. The van der Waals surface area contributed by atoms with E-state index in [0.29, 0.717) is 18.1 Å². The summed E-state index contributed by atoms with van der Waals surface area (Å²) in [6, 6.07) is 11.5. The largest absolute Gasteiger partial charge is 0.453 e. The highest BCUT2D eigenvalue weighted by Crippen LogP contribution is 2.30. The smallest absolute Gasteiger partial charge is 0.427 e. The van der Waals surface area contributed by atoms with E-state index in [0.717, 1.165) is 15.2 Å². The van der Waals surface area contributed by atoms with Gasteiger partial charge in [-0.15, -0.1) is 11.3 Å². The van der Waals surface area contributed by atoms with Crippen LogP contribution in [0.25, 0.3) is 21.0 Å². The highest BCUT2D eigenvalue weighted by atomic mass is 32.1. The van der Waals surface area contributed by atoms with Crippen molar-refractivity contribution in [3.8, 4) is 10.8 Å². The molecule has 1 aromatic carbocycles. The van der Waals surface area contributed by atoms with Crippen LogP contribution in [0.3, 0.4) is 0 Å². The molecule has 112 valence electrons. The highest BCUT2D eigenvalue weighted by molar-refractivity contribution is 7.21. The Morgan fingerprint density at radius 3 is 3.09 bits per heavy atom. The van der Waals surface area contributed by atoms with Crippen molar-refractivity contribution in [1.82, 2.24) is 10.4 Å². The summed E-state index contributed by atoms with van der Waals surface area (Å²) in [5.41, 5.74) is 3.18. The fraction of sp³-hybridized carbons (Fsp3) is 0.133. The number of rotatable bonds is 4. The molecule has 0 aliphatic rings. The summed E-state index contributed by atoms with van der Waals surface area (Å²) >= 11 is 1.56.